The Bertz CT molecular complexity index is 271. The molecular weight excluding hydrogens is 230 g/mol. The number of benzene rings is 1. The van der Waals surface area contributed by atoms with E-state index in [0.29, 0.717) is 0 Å². The number of hydrogen-bond donors (Lipinski definition) is 1. The van der Waals surface area contributed by atoms with Gasteiger partial charge in [-0.3, -0.25) is 0 Å². The summed E-state index contributed by atoms with van der Waals surface area (Å²) >= 11 is 0. The van der Waals surface area contributed by atoms with E-state index in [1.807, 2.05) is 36.4 Å². The molecule has 0 bridgehead atoms. The zero-order chi connectivity index (χ0) is 14.2. The largest absolute Gasteiger partial charge is 0.317 e. The standard InChI is InChI=1S/C10H23N.C8H8/c1-3-5-7-9-11-10-8-6-4-2;1-2-8-6-4-3-5-7-8/h11H,3-10H2,1-2H3;2-7H,1H2. The van der Waals surface area contributed by atoms with Crippen LogP contribution < -0.4 is 5.32 Å². The lowest BCUT2D eigenvalue weighted by Gasteiger charge is -2.02. The van der Waals surface area contributed by atoms with Crippen LogP contribution in [0.3, 0.4) is 0 Å². The van der Waals surface area contributed by atoms with Crippen LogP contribution in [-0.2, 0) is 0 Å². The van der Waals surface area contributed by atoms with Gasteiger partial charge < -0.3 is 5.32 Å². The average molecular weight is 261 g/mol. The summed E-state index contributed by atoms with van der Waals surface area (Å²) < 4.78 is 0. The van der Waals surface area contributed by atoms with E-state index in [9.17, 15) is 0 Å². The highest BCUT2D eigenvalue weighted by molar-refractivity contribution is 5.45. The summed E-state index contributed by atoms with van der Waals surface area (Å²) in [7, 11) is 0. The third-order valence-corrected chi connectivity index (χ3v) is 2.95. The lowest BCUT2D eigenvalue weighted by Crippen LogP contribution is -2.16. The molecule has 0 saturated heterocycles. The zero-order valence-corrected chi connectivity index (χ0v) is 12.8. The van der Waals surface area contributed by atoms with E-state index in [1.54, 1.807) is 0 Å². The van der Waals surface area contributed by atoms with E-state index < -0.39 is 0 Å². The first kappa shape index (κ1) is 17.9. The lowest BCUT2D eigenvalue weighted by molar-refractivity contribution is 0.583. The number of rotatable bonds is 9. The predicted octanol–water partition coefficient (Wildman–Crippen LogP) is 5.29. The monoisotopic (exact) mass is 261 g/mol. The molecule has 1 N–H and O–H groups in total. The Balaban J connectivity index is 0.000000356. The fraction of sp³-hybridized carbons (Fsp3) is 0.556. The van der Waals surface area contributed by atoms with Crippen molar-refractivity contribution in [1.29, 1.82) is 0 Å². The summed E-state index contributed by atoms with van der Waals surface area (Å²) in [6.45, 7) is 10.6. The molecule has 0 atom stereocenters. The van der Waals surface area contributed by atoms with Gasteiger partial charge in [-0.05, 0) is 31.5 Å². The van der Waals surface area contributed by atoms with Gasteiger partial charge in [0, 0.05) is 0 Å². The SMILES string of the molecule is C=Cc1ccccc1.CCCCCNCCCCC. The lowest BCUT2D eigenvalue weighted by atomic mass is 10.2. The second kappa shape index (κ2) is 15.0. The second-order valence-electron chi connectivity index (χ2n) is 4.78. The molecule has 0 radical (unpaired) electrons. The fourth-order valence-corrected chi connectivity index (χ4v) is 1.71. The maximum atomic E-state index is 3.63. The molecule has 0 aromatic heterocycles. The van der Waals surface area contributed by atoms with Gasteiger partial charge in [-0.2, -0.15) is 0 Å². The van der Waals surface area contributed by atoms with E-state index in [1.165, 1.54) is 57.2 Å². The summed E-state index contributed by atoms with van der Waals surface area (Å²) in [4.78, 5) is 0. The Morgan fingerprint density at radius 3 is 1.79 bits per heavy atom. The molecule has 1 nitrogen and oxygen atoms in total. The smallest absolute Gasteiger partial charge is 0.00489 e. The van der Waals surface area contributed by atoms with Gasteiger partial charge in [-0.1, -0.05) is 82.5 Å². The molecule has 0 aliphatic carbocycles. The van der Waals surface area contributed by atoms with Crippen molar-refractivity contribution < 1.29 is 0 Å². The highest BCUT2D eigenvalue weighted by atomic mass is 14.8. The van der Waals surface area contributed by atoms with Crippen molar-refractivity contribution in [3.63, 3.8) is 0 Å². The minimum atomic E-state index is 1.17. The number of nitrogens with one attached hydrogen (secondary N) is 1. The van der Waals surface area contributed by atoms with Gasteiger partial charge in [-0.15, -0.1) is 0 Å². The second-order valence-corrected chi connectivity index (χ2v) is 4.78. The quantitative estimate of drug-likeness (QED) is 0.596. The molecule has 0 spiro atoms. The minimum Gasteiger partial charge on any atom is -0.317 e. The van der Waals surface area contributed by atoms with Crippen LogP contribution in [0.2, 0.25) is 0 Å². The highest BCUT2D eigenvalue weighted by Crippen LogP contribution is 1.97. The van der Waals surface area contributed by atoms with Crippen LogP contribution in [-0.4, -0.2) is 13.1 Å². The van der Waals surface area contributed by atoms with Crippen molar-refractivity contribution in [3.05, 3.63) is 42.5 Å². The molecule has 1 aromatic rings. The molecule has 0 heterocycles. The molecule has 0 fully saturated rings. The maximum Gasteiger partial charge on any atom is -0.00489 e. The zero-order valence-electron chi connectivity index (χ0n) is 12.8. The first-order chi connectivity index (χ1) is 9.35. The van der Waals surface area contributed by atoms with Crippen molar-refractivity contribution in [3.8, 4) is 0 Å². The van der Waals surface area contributed by atoms with E-state index in [2.05, 4.69) is 25.7 Å². The van der Waals surface area contributed by atoms with Gasteiger partial charge in [0.25, 0.3) is 0 Å². The van der Waals surface area contributed by atoms with E-state index >= 15 is 0 Å². The van der Waals surface area contributed by atoms with Crippen LogP contribution in [0.25, 0.3) is 6.08 Å². The Kier molecular flexibility index (Phi) is 14.1. The van der Waals surface area contributed by atoms with Crippen LogP contribution in [0.4, 0.5) is 0 Å². The maximum absolute atomic E-state index is 3.63. The number of unbranched alkanes of at least 4 members (excludes halogenated alkanes) is 4. The van der Waals surface area contributed by atoms with Crippen molar-refractivity contribution in [1.82, 2.24) is 5.32 Å². The van der Waals surface area contributed by atoms with Crippen molar-refractivity contribution in [2.75, 3.05) is 13.1 Å². The molecule has 108 valence electrons. The third-order valence-electron chi connectivity index (χ3n) is 2.95. The summed E-state index contributed by atoms with van der Waals surface area (Å²) in [6, 6.07) is 10.0. The average Bonchev–Trinajstić information content (AvgIpc) is 2.48. The minimum absolute atomic E-state index is 1.17. The summed E-state index contributed by atoms with van der Waals surface area (Å²) in [5.74, 6) is 0. The fourth-order valence-electron chi connectivity index (χ4n) is 1.71. The topological polar surface area (TPSA) is 12.0 Å². The van der Waals surface area contributed by atoms with E-state index in [-0.39, 0.29) is 0 Å². The van der Waals surface area contributed by atoms with Gasteiger partial charge in [0.1, 0.15) is 0 Å². The molecule has 1 rings (SSSR count). The van der Waals surface area contributed by atoms with Gasteiger partial charge in [-0.25, -0.2) is 0 Å². The van der Waals surface area contributed by atoms with Crippen LogP contribution in [0.15, 0.2) is 36.9 Å². The molecule has 1 heteroatoms. The molecule has 0 unspecified atom stereocenters. The van der Waals surface area contributed by atoms with Gasteiger partial charge in [0.15, 0.2) is 0 Å². The summed E-state index contributed by atoms with van der Waals surface area (Å²) in [5, 5.41) is 3.46. The third kappa shape index (κ3) is 13.2. The molecule has 0 aliphatic heterocycles. The molecular formula is C18H31N. The predicted molar refractivity (Wildman–Crippen MR) is 88.5 cm³/mol. The molecule has 1 aromatic carbocycles. The van der Waals surface area contributed by atoms with Crippen molar-refractivity contribution in [2.45, 2.75) is 52.4 Å². The van der Waals surface area contributed by atoms with E-state index in [4.69, 9.17) is 0 Å². The van der Waals surface area contributed by atoms with Crippen LogP contribution >= 0.6 is 0 Å². The summed E-state index contributed by atoms with van der Waals surface area (Å²) in [5.41, 5.74) is 1.17. The van der Waals surface area contributed by atoms with Crippen molar-refractivity contribution >= 4 is 6.08 Å². The Labute approximate surface area is 120 Å². The molecule has 0 amide bonds. The molecule has 19 heavy (non-hydrogen) atoms. The Morgan fingerprint density at radius 1 is 0.895 bits per heavy atom. The van der Waals surface area contributed by atoms with Gasteiger partial charge in [0.2, 0.25) is 0 Å². The Morgan fingerprint density at radius 2 is 1.42 bits per heavy atom. The first-order valence-electron chi connectivity index (χ1n) is 7.73. The van der Waals surface area contributed by atoms with Crippen LogP contribution in [0, 0.1) is 0 Å². The first-order valence-corrected chi connectivity index (χ1v) is 7.73. The van der Waals surface area contributed by atoms with Crippen LogP contribution in [0.5, 0.6) is 0 Å². The highest BCUT2D eigenvalue weighted by Gasteiger charge is 1.87. The van der Waals surface area contributed by atoms with E-state index in [0.717, 1.165) is 0 Å². The normalized spacial score (nSPS) is 9.58. The summed E-state index contributed by atoms with van der Waals surface area (Å²) in [6.07, 6.45) is 9.94. The van der Waals surface area contributed by atoms with Gasteiger partial charge >= 0.3 is 0 Å². The molecule has 0 aliphatic rings. The van der Waals surface area contributed by atoms with Crippen LogP contribution in [0.1, 0.15) is 57.9 Å². The Hall–Kier alpha value is -1.08. The number of hydrogen-bond acceptors (Lipinski definition) is 1. The van der Waals surface area contributed by atoms with Gasteiger partial charge in [0.05, 0.1) is 0 Å². The van der Waals surface area contributed by atoms with Crippen molar-refractivity contribution in [2.24, 2.45) is 0 Å². The molecule has 0 saturated carbocycles.